The number of halogens is 1. The molecule has 1 rings (SSSR count). The topological polar surface area (TPSA) is 41.3 Å². The van der Waals surface area contributed by atoms with Crippen molar-refractivity contribution in [2.24, 2.45) is 0 Å². The molecule has 1 aliphatic rings. The summed E-state index contributed by atoms with van der Waals surface area (Å²) in [6.07, 6.45) is -0.310. The van der Waals surface area contributed by atoms with E-state index in [1.54, 1.807) is 0 Å². The maximum atomic E-state index is 10.9. The Hall–Kier alpha value is -0.0400. The second-order valence-corrected chi connectivity index (χ2v) is 4.79. The van der Waals surface area contributed by atoms with Crippen molar-refractivity contribution in [3.8, 4) is 0 Å². The molecular formula is C8H15IN2O2. The fourth-order valence-electron chi connectivity index (χ4n) is 0.948. The maximum Gasteiger partial charge on any atom is 0.407 e. The number of carbonyl (C=O) groups excluding carboxylic acids is 1. The lowest BCUT2D eigenvalue weighted by atomic mass is 10.4. The van der Waals surface area contributed by atoms with Gasteiger partial charge in [0.1, 0.15) is 6.61 Å². The Bertz CT molecular complexity index is 174. The lowest BCUT2D eigenvalue weighted by Crippen LogP contribution is -2.28. The Balaban J connectivity index is 1.99. The van der Waals surface area contributed by atoms with Gasteiger partial charge in [0.25, 0.3) is 0 Å². The third kappa shape index (κ3) is 5.30. The smallest absolute Gasteiger partial charge is 0.407 e. The molecule has 0 radical (unpaired) electrons. The molecule has 1 unspecified atom stereocenters. The Morgan fingerprint density at radius 2 is 2.38 bits per heavy atom. The lowest BCUT2D eigenvalue weighted by molar-refractivity contribution is 0.147. The summed E-state index contributed by atoms with van der Waals surface area (Å²) in [6.45, 7) is 6.42. The highest BCUT2D eigenvalue weighted by Crippen LogP contribution is 2.10. The van der Waals surface area contributed by atoms with E-state index in [9.17, 15) is 4.79 Å². The van der Waals surface area contributed by atoms with E-state index in [4.69, 9.17) is 4.74 Å². The van der Waals surface area contributed by atoms with E-state index >= 15 is 0 Å². The minimum Gasteiger partial charge on any atom is -0.448 e. The molecule has 0 aliphatic carbocycles. The van der Waals surface area contributed by atoms with Crippen molar-refractivity contribution in [3.05, 3.63) is 0 Å². The second-order valence-electron chi connectivity index (χ2n) is 3.03. The number of hydrogen-bond acceptors (Lipinski definition) is 3. The molecule has 1 amide bonds. The number of rotatable bonds is 5. The van der Waals surface area contributed by atoms with Gasteiger partial charge in [0, 0.05) is 26.2 Å². The Morgan fingerprint density at radius 1 is 1.69 bits per heavy atom. The van der Waals surface area contributed by atoms with Crippen LogP contribution < -0.4 is 5.32 Å². The van der Waals surface area contributed by atoms with Gasteiger partial charge in [0.2, 0.25) is 0 Å². The average molecular weight is 298 g/mol. The number of hydrogen-bond donors (Lipinski definition) is 1. The summed E-state index contributed by atoms with van der Waals surface area (Å²) >= 11 is 2.31. The molecule has 0 saturated carbocycles. The van der Waals surface area contributed by atoms with Gasteiger partial charge in [0.05, 0.1) is 3.92 Å². The van der Waals surface area contributed by atoms with E-state index in [0.717, 1.165) is 6.54 Å². The van der Waals surface area contributed by atoms with E-state index < -0.39 is 0 Å². The molecule has 1 heterocycles. The zero-order valence-corrected chi connectivity index (χ0v) is 9.91. The zero-order chi connectivity index (χ0) is 9.68. The third-order valence-corrected chi connectivity index (χ3v) is 2.47. The lowest BCUT2D eigenvalue weighted by Gasteiger charge is -2.10. The number of amides is 1. The number of ether oxygens (including phenoxy) is 1. The molecule has 1 aliphatic heterocycles. The molecule has 1 atom stereocenters. The highest BCUT2D eigenvalue weighted by atomic mass is 127. The molecule has 1 fully saturated rings. The monoisotopic (exact) mass is 298 g/mol. The van der Waals surface area contributed by atoms with Gasteiger partial charge < -0.3 is 10.1 Å². The largest absolute Gasteiger partial charge is 0.448 e. The first-order valence-corrected chi connectivity index (χ1v) is 5.74. The highest BCUT2D eigenvalue weighted by molar-refractivity contribution is 14.1. The Morgan fingerprint density at radius 3 is 2.92 bits per heavy atom. The van der Waals surface area contributed by atoms with E-state index in [1.165, 1.54) is 13.1 Å². The first-order chi connectivity index (χ1) is 6.22. The molecule has 13 heavy (non-hydrogen) atoms. The van der Waals surface area contributed by atoms with Crippen molar-refractivity contribution in [1.82, 2.24) is 10.2 Å². The molecule has 0 spiro atoms. The van der Waals surface area contributed by atoms with Gasteiger partial charge in [0.15, 0.2) is 0 Å². The van der Waals surface area contributed by atoms with Crippen molar-refractivity contribution in [2.45, 2.75) is 10.8 Å². The number of alkyl carbamates (subject to hydrolysis) is 1. The molecule has 4 nitrogen and oxygen atoms in total. The van der Waals surface area contributed by atoms with Crippen LogP contribution in [0.5, 0.6) is 0 Å². The van der Waals surface area contributed by atoms with Gasteiger partial charge in [-0.15, -0.1) is 0 Å². The first kappa shape index (κ1) is 11.0. The molecule has 1 saturated heterocycles. The fraction of sp³-hybridized carbons (Fsp3) is 0.875. The van der Waals surface area contributed by atoms with Crippen LogP contribution in [0, 0.1) is 0 Å². The summed E-state index contributed by atoms with van der Waals surface area (Å²) in [5, 5.41) is 2.59. The van der Waals surface area contributed by atoms with Crippen molar-refractivity contribution >= 4 is 28.7 Å². The van der Waals surface area contributed by atoms with Gasteiger partial charge in [-0.25, -0.2) is 4.79 Å². The van der Waals surface area contributed by atoms with Crippen LogP contribution in [-0.2, 0) is 4.74 Å². The summed E-state index contributed by atoms with van der Waals surface area (Å²) in [6, 6.07) is 0. The zero-order valence-electron chi connectivity index (χ0n) is 7.75. The molecular weight excluding hydrogens is 283 g/mol. The van der Waals surface area contributed by atoms with Gasteiger partial charge >= 0.3 is 6.09 Å². The molecule has 5 heteroatoms. The van der Waals surface area contributed by atoms with Crippen molar-refractivity contribution in [2.75, 3.05) is 32.8 Å². The van der Waals surface area contributed by atoms with Crippen molar-refractivity contribution in [3.63, 3.8) is 0 Å². The quantitative estimate of drug-likeness (QED) is 0.465. The van der Waals surface area contributed by atoms with Crippen molar-refractivity contribution < 1.29 is 9.53 Å². The minimum atomic E-state index is -0.310. The summed E-state index contributed by atoms with van der Waals surface area (Å²) < 4.78 is 5.39. The van der Waals surface area contributed by atoms with E-state index in [-0.39, 0.29) is 6.09 Å². The predicted molar refractivity (Wildman–Crippen MR) is 59.3 cm³/mol. The van der Waals surface area contributed by atoms with Gasteiger partial charge in [-0.2, -0.15) is 0 Å². The van der Waals surface area contributed by atoms with Crippen LogP contribution in [0.2, 0.25) is 0 Å². The summed E-state index contributed by atoms with van der Waals surface area (Å²) in [4.78, 5) is 13.2. The van der Waals surface area contributed by atoms with Crippen LogP contribution in [0.3, 0.4) is 0 Å². The molecule has 0 aromatic carbocycles. The highest BCUT2D eigenvalue weighted by Gasteiger charge is 2.20. The number of carbonyl (C=O) groups is 1. The van der Waals surface area contributed by atoms with Gasteiger partial charge in [-0.05, 0) is 6.92 Å². The van der Waals surface area contributed by atoms with Crippen LogP contribution in [-0.4, -0.2) is 47.7 Å². The van der Waals surface area contributed by atoms with Crippen LogP contribution in [0.4, 0.5) is 4.79 Å². The summed E-state index contributed by atoms with van der Waals surface area (Å²) in [5.41, 5.74) is 0. The molecule has 76 valence electrons. The van der Waals surface area contributed by atoms with Gasteiger partial charge in [-0.3, -0.25) is 4.90 Å². The standard InChI is InChI=1S/C8H15IN2O2/c1-2-10-8(12)13-6-7(9)5-11-3-4-11/h7H,2-6H2,1H3,(H,10,12). The van der Waals surface area contributed by atoms with Crippen LogP contribution >= 0.6 is 22.6 Å². The molecule has 0 bridgehead atoms. The second kappa shape index (κ2) is 5.64. The minimum absolute atomic E-state index is 0.310. The van der Waals surface area contributed by atoms with Crippen LogP contribution in [0.1, 0.15) is 6.92 Å². The first-order valence-electron chi connectivity index (χ1n) is 4.49. The Kier molecular flexibility index (Phi) is 4.79. The maximum absolute atomic E-state index is 10.9. The van der Waals surface area contributed by atoms with Gasteiger partial charge in [-0.1, -0.05) is 22.6 Å². The number of nitrogens with one attached hydrogen (secondary N) is 1. The predicted octanol–water partition coefficient (Wildman–Crippen LogP) is 0.852. The van der Waals surface area contributed by atoms with E-state index in [1.807, 2.05) is 6.92 Å². The van der Waals surface area contributed by atoms with E-state index in [0.29, 0.717) is 17.1 Å². The number of nitrogens with zero attached hydrogens (tertiary/aromatic N) is 1. The summed E-state index contributed by atoms with van der Waals surface area (Å²) in [7, 11) is 0. The molecule has 0 aromatic rings. The molecule has 1 N–H and O–H groups in total. The summed E-state index contributed by atoms with van der Waals surface area (Å²) in [5.74, 6) is 0. The number of alkyl halides is 1. The average Bonchev–Trinajstić information content (AvgIpc) is 2.85. The van der Waals surface area contributed by atoms with Crippen LogP contribution in [0.25, 0.3) is 0 Å². The normalized spacial score (nSPS) is 18.0. The molecule has 0 aromatic heterocycles. The van der Waals surface area contributed by atoms with Crippen LogP contribution in [0.15, 0.2) is 0 Å². The fourth-order valence-corrected chi connectivity index (χ4v) is 1.68. The Labute approximate surface area is 92.1 Å². The van der Waals surface area contributed by atoms with Crippen molar-refractivity contribution in [1.29, 1.82) is 0 Å². The third-order valence-electron chi connectivity index (χ3n) is 1.71. The van der Waals surface area contributed by atoms with E-state index in [2.05, 4.69) is 32.8 Å². The SMILES string of the molecule is CCNC(=O)OCC(I)CN1CC1.